The number of anilines is 1. The second kappa shape index (κ2) is 6.02. The Bertz CT molecular complexity index is 615. The molecule has 0 heterocycles. The zero-order valence-corrected chi connectivity index (χ0v) is 11.3. The van der Waals surface area contributed by atoms with Crippen LogP contribution >= 0.6 is 0 Å². The molecule has 1 amide bonds. The van der Waals surface area contributed by atoms with Crippen LogP contribution in [0, 0.1) is 6.92 Å². The van der Waals surface area contributed by atoms with Gasteiger partial charge in [-0.2, -0.15) is 0 Å². The number of nitrogens with one attached hydrogen (secondary N) is 1. The molecule has 0 unspecified atom stereocenters. The molecule has 0 saturated heterocycles. The fourth-order valence-electron chi connectivity index (χ4n) is 1.68. The molecular weight excluding hydrogens is 254 g/mol. The van der Waals surface area contributed by atoms with Crippen molar-refractivity contribution in [1.29, 1.82) is 0 Å². The van der Waals surface area contributed by atoms with Crippen molar-refractivity contribution in [2.75, 3.05) is 5.32 Å². The number of benzene rings is 2. The van der Waals surface area contributed by atoms with E-state index in [0.717, 1.165) is 11.3 Å². The minimum atomic E-state index is -0.387. The first kappa shape index (κ1) is 13.8. The maximum Gasteiger partial charge on any atom is 0.308 e. The summed E-state index contributed by atoms with van der Waals surface area (Å²) in [4.78, 5) is 22.8. The van der Waals surface area contributed by atoms with Gasteiger partial charge in [-0.1, -0.05) is 17.7 Å². The molecule has 2 aromatic carbocycles. The van der Waals surface area contributed by atoms with E-state index < -0.39 is 0 Å². The van der Waals surface area contributed by atoms with Gasteiger partial charge in [0.05, 0.1) is 0 Å². The normalized spacial score (nSPS) is 9.90. The largest absolute Gasteiger partial charge is 0.427 e. The molecule has 4 nitrogen and oxygen atoms in total. The fourth-order valence-corrected chi connectivity index (χ4v) is 1.68. The predicted molar refractivity (Wildman–Crippen MR) is 76.9 cm³/mol. The molecule has 0 aliphatic heterocycles. The van der Waals surface area contributed by atoms with E-state index in [4.69, 9.17) is 4.74 Å². The molecule has 0 atom stereocenters. The van der Waals surface area contributed by atoms with Crippen LogP contribution in [0.5, 0.6) is 5.75 Å². The summed E-state index contributed by atoms with van der Waals surface area (Å²) in [7, 11) is 0. The van der Waals surface area contributed by atoms with E-state index in [0.29, 0.717) is 11.3 Å². The molecule has 0 aliphatic rings. The van der Waals surface area contributed by atoms with Crippen LogP contribution in [-0.4, -0.2) is 11.9 Å². The zero-order chi connectivity index (χ0) is 14.5. The van der Waals surface area contributed by atoms with Gasteiger partial charge in [-0.3, -0.25) is 9.59 Å². The third kappa shape index (κ3) is 3.68. The van der Waals surface area contributed by atoms with Crippen molar-refractivity contribution in [2.24, 2.45) is 0 Å². The monoisotopic (exact) mass is 269 g/mol. The van der Waals surface area contributed by atoms with Crippen molar-refractivity contribution in [2.45, 2.75) is 13.8 Å². The number of carbonyl (C=O) groups is 2. The van der Waals surface area contributed by atoms with Crippen LogP contribution in [0.15, 0.2) is 48.5 Å². The van der Waals surface area contributed by atoms with Crippen LogP contribution in [0.3, 0.4) is 0 Å². The molecule has 0 aromatic heterocycles. The lowest BCUT2D eigenvalue weighted by Gasteiger charge is -2.06. The lowest BCUT2D eigenvalue weighted by molar-refractivity contribution is -0.131. The van der Waals surface area contributed by atoms with Crippen molar-refractivity contribution >= 4 is 17.6 Å². The number of carbonyl (C=O) groups excluding carboxylic acids is 2. The van der Waals surface area contributed by atoms with E-state index in [-0.39, 0.29) is 11.9 Å². The quantitative estimate of drug-likeness (QED) is 0.687. The molecule has 0 saturated carbocycles. The summed E-state index contributed by atoms with van der Waals surface area (Å²) >= 11 is 0. The van der Waals surface area contributed by atoms with Crippen molar-refractivity contribution in [3.8, 4) is 5.75 Å². The summed E-state index contributed by atoms with van der Waals surface area (Å²) in [5.41, 5.74) is 2.37. The van der Waals surface area contributed by atoms with Gasteiger partial charge in [0.2, 0.25) is 0 Å². The highest BCUT2D eigenvalue weighted by molar-refractivity contribution is 6.04. The van der Waals surface area contributed by atoms with E-state index >= 15 is 0 Å². The molecule has 4 heteroatoms. The highest BCUT2D eigenvalue weighted by Gasteiger charge is 2.06. The van der Waals surface area contributed by atoms with E-state index in [1.807, 2.05) is 31.2 Å². The van der Waals surface area contributed by atoms with Gasteiger partial charge in [0.25, 0.3) is 5.91 Å². The van der Waals surface area contributed by atoms with Crippen molar-refractivity contribution < 1.29 is 14.3 Å². The van der Waals surface area contributed by atoms with Crippen LogP contribution in [0.2, 0.25) is 0 Å². The Morgan fingerprint density at radius 3 is 2.10 bits per heavy atom. The third-order valence-electron chi connectivity index (χ3n) is 2.69. The van der Waals surface area contributed by atoms with Crippen LogP contribution in [-0.2, 0) is 4.79 Å². The average molecular weight is 269 g/mol. The van der Waals surface area contributed by atoms with Gasteiger partial charge in [-0.15, -0.1) is 0 Å². The highest BCUT2D eigenvalue weighted by atomic mass is 16.5. The van der Waals surface area contributed by atoms with Crippen molar-refractivity contribution in [1.82, 2.24) is 0 Å². The molecule has 0 fully saturated rings. The number of esters is 1. The first-order valence-electron chi connectivity index (χ1n) is 6.21. The summed E-state index contributed by atoms with van der Waals surface area (Å²) in [5.74, 6) is -0.172. The first-order chi connectivity index (χ1) is 9.54. The van der Waals surface area contributed by atoms with Gasteiger partial charge in [-0.25, -0.2) is 0 Å². The summed E-state index contributed by atoms with van der Waals surface area (Å²) in [6.45, 7) is 3.32. The number of amides is 1. The van der Waals surface area contributed by atoms with E-state index in [2.05, 4.69) is 5.32 Å². The van der Waals surface area contributed by atoms with Gasteiger partial charge in [0.1, 0.15) is 5.75 Å². The minimum Gasteiger partial charge on any atom is -0.427 e. The second-order valence-electron chi connectivity index (χ2n) is 4.44. The number of rotatable bonds is 3. The van der Waals surface area contributed by atoms with Crippen LogP contribution in [0.4, 0.5) is 5.69 Å². The maximum absolute atomic E-state index is 12.0. The Morgan fingerprint density at radius 1 is 0.950 bits per heavy atom. The van der Waals surface area contributed by atoms with Crippen molar-refractivity contribution in [3.05, 3.63) is 59.7 Å². The lowest BCUT2D eigenvalue weighted by atomic mass is 10.2. The van der Waals surface area contributed by atoms with Gasteiger partial charge < -0.3 is 10.1 Å². The molecule has 0 spiro atoms. The smallest absolute Gasteiger partial charge is 0.308 e. The fraction of sp³-hybridized carbons (Fsp3) is 0.125. The van der Waals surface area contributed by atoms with Crippen LogP contribution in [0.1, 0.15) is 22.8 Å². The molecule has 0 bridgehead atoms. The molecule has 2 rings (SSSR count). The zero-order valence-electron chi connectivity index (χ0n) is 11.3. The Hall–Kier alpha value is -2.62. The molecule has 20 heavy (non-hydrogen) atoms. The molecule has 2 aromatic rings. The summed E-state index contributed by atoms with van der Waals surface area (Å²) in [6.07, 6.45) is 0. The first-order valence-corrected chi connectivity index (χ1v) is 6.21. The molecule has 0 radical (unpaired) electrons. The van der Waals surface area contributed by atoms with Crippen molar-refractivity contribution in [3.63, 3.8) is 0 Å². The Labute approximate surface area is 117 Å². The molecular formula is C16H15NO3. The van der Waals surface area contributed by atoms with Gasteiger partial charge >= 0.3 is 5.97 Å². The number of hydrogen-bond acceptors (Lipinski definition) is 3. The lowest BCUT2D eigenvalue weighted by Crippen LogP contribution is -2.11. The summed E-state index contributed by atoms with van der Waals surface area (Å²) in [6, 6.07) is 14.0. The SMILES string of the molecule is CC(=O)Oc1ccc(C(=O)Nc2ccc(C)cc2)cc1. The van der Waals surface area contributed by atoms with Crippen LogP contribution in [0.25, 0.3) is 0 Å². The van der Waals surface area contributed by atoms with E-state index in [1.165, 1.54) is 6.92 Å². The summed E-state index contributed by atoms with van der Waals surface area (Å²) in [5, 5.41) is 2.80. The van der Waals surface area contributed by atoms with Gasteiger partial charge in [0, 0.05) is 18.2 Å². The minimum absolute atomic E-state index is 0.205. The van der Waals surface area contributed by atoms with Gasteiger partial charge in [-0.05, 0) is 43.3 Å². The van der Waals surface area contributed by atoms with E-state index in [9.17, 15) is 9.59 Å². The average Bonchev–Trinajstić information content (AvgIpc) is 2.41. The molecule has 0 aliphatic carbocycles. The van der Waals surface area contributed by atoms with Crippen LogP contribution < -0.4 is 10.1 Å². The topological polar surface area (TPSA) is 55.4 Å². The highest BCUT2D eigenvalue weighted by Crippen LogP contribution is 2.15. The third-order valence-corrected chi connectivity index (χ3v) is 2.69. The number of aryl methyl sites for hydroxylation is 1. The molecule has 102 valence electrons. The van der Waals surface area contributed by atoms with Gasteiger partial charge in [0.15, 0.2) is 0 Å². The number of hydrogen-bond donors (Lipinski definition) is 1. The van der Waals surface area contributed by atoms with E-state index in [1.54, 1.807) is 24.3 Å². The Morgan fingerprint density at radius 2 is 1.55 bits per heavy atom. The predicted octanol–water partition coefficient (Wildman–Crippen LogP) is 3.17. The Balaban J connectivity index is 2.05. The number of ether oxygens (including phenoxy) is 1. The molecule has 1 N–H and O–H groups in total. The Kier molecular flexibility index (Phi) is 4.15. The summed E-state index contributed by atoms with van der Waals surface area (Å²) < 4.78 is 4.91. The second-order valence-corrected chi connectivity index (χ2v) is 4.44. The standard InChI is InChI=1S/C16H15NO3/c1-11-3-7-14(8-4-11)17-16(19)13-5-9-15(10-6-13)20-12(2)18/h3-10H,1-2H3,(H,17,19). The maximum atomic E-state index is 12.0.